The highest BCUT2D eigenvalue weighted by Crippen LogP contribution is 2.21. The highest BCUT2D eigenvalue weighted by Gasteiger charge is 2.13. The van der Waals surface area contributed by atoms with Gasteiger partial charge in [-0.3, -0.25) is 0 Å². The molecule has 0 heterocycles. The predicted octanol–water partition coefficient (Wildman–Crippen LogP) is 3.20. The van der Waals surface area contributed by atoms with Crippen molar-refractivity contribution in [1.29, 1.82) is 0 Å². The Labute approximate surface area is 125 Å². The molecule has 0 amide bonds. The van der Waals surface area contributed by atoms with Gasteiger partial charge >= 0.3 is 0 Å². The number of hydrogen-bond acceptors (Lipinski definition) is 3. The van der Waals surface area contributed by atoms with E-state index in [4.69, 9.17) is 9.47 Å². The Morgan fingerprint density at radius 3 is 2.67 bits per heavy atom. The molecule has 0 aliphatic carbocycles. The van der Waals surface area contributed by atoms with Crippen molar-refractivity contribution in [2.75, 3.05) is 26.9 Å². The molecule has 0 aliphatic heterocycles. The normalized spacial score (nSPS) is 12.7. The van der Waals surface area contributed by atoms with E-state index >= 15 is 0 Å². The number of halogens is 2. The van der Waals surface area contributed by atoms with Crippen LogP contribution >= 0.6 is 0 Å². The van der Waals surface area contributed by atoms with Gasteiger partial charge in [-0.05, 0) is 37.9 Å². The van der Waals surface area contributed by atoms with Gasteiger partial charge in [-0.2, -0.15) is 0 Å². The fourth-order valence-corrected chi connectivity index (χ4v) is 2.30. The SMILES string of the molecule is CCNC(CCOCC(F)F)Cc1cc(C)ccc1OC. The Morgan fingerprint density at radius 1 is 1.29 bits per heavy atom. The summed E-state index contributed by atoms with van der Waals surface area (Å²) in [5.41, 5.74) is 2.30. The maximum absolute atomic E-state index is 12.0. The average molecular weight is 301 g/mol. The zero-order valence-electron chi connectivity index (χ0n) is 13.0. The molecular formula is C16H25F2NO2. The van der Waals surface area contributed by atoms with E-state index in [1.165, 1.54) is 5.56 Å². The van der Waals surface area contributed by atoms with Crippen LogP contribution in [0.15, 0.2) is 18.2 Å². The van der Waals surface area contributed by atoms with Crippen LogP contribution in [0.25, 0.3) is 0 Å². The molecule has 0 bridgehead atoms. The first-order valence-electron chi connectivity index (χ1n) is 7.29. The first-order valence-corrected chi connectivity index (χ1v) is 7.29. The first kappa shape index (κ1) is 17.9. The Morgan fingerprint density at radius 2 is 2.05 bits per heavy atom. The molecule has 0 spiro atoms. The second-order valence-electron chi connectivity index (χ2n) is 5.03. The van der Waals surface area contributed by atoms with Gasteiger partial charge in [0, 0.05) is 12.6 Å². The Balaban J connectivity index is 2.58. The second kappa shape index (κ2) is 9.68. The number of ether oxygens (including phenoxy) is 2. The lowest BCUT2D eigenvalue weighted by molar-refractivity contribution is 0.0144. The van der Waals surface area contributed by atoms with Gasteiger partial charge in [0.25, 0.3) is 6.43 Å². The molecule has 0 radical (unpaired) electrons. The largest absolute Gasteiger partial charge is 0.496 e. The Kier molecular flexibility index (Phi) is 8.23. The van der Waals surface area contributed by atoms with Crippen molar-refractivity contribution in [3.63, 3.8) is 0 Å². The maximum Gasteiger partial charge on any atom is 0.261 e. The standard InChI is InChI=1S/C16H25F2NO2/c1-4-19-14(7-8-21-11-16(17)18)10-13-9-12(2)5-6-15(13)20-3/h5-6,9,14,16,19H,4,7-8,10-11H2,1-3H3. The minimum atomic E-state index is -2.40. The summed E-state index contributed by atoms with van der Waals surface area (Å²) in [6, 6.07) is 6.25. The van der Waals surface area contributed by atoms with E-state index in [-0.39, 0.29) is 6.04 Å². The number of aryl methyl sites for hydroxylation is 1. The van der Waals surface area contributed by atoms with Gasteiger partial charge in [-0.15, -0.1) is 0 Å². The molecule has 1 aromatic rings. The summed E-state index contributed by atoms with van der Waals surface area (Å²) in [6.07, 6.45) is -0.923. The molecule has 0 fully saturated rings. The van der Waals surface area contributed by atoms with Crippen molar-refractivity contribution in [1.82, 2.24) is 5.32 Å². The summed E-state index contributed by atoms with van der Waals surface area (Å²) in [4.78, 5) is 0. The van der Waals surface area contributed by atoms with Crippen LogP contribution < -0.4 is 10.1 Å². The van der Waals surface area contributed by atoms with Crippen molar-refractivity contribution in [3.8, 4) is 5.75 Å². The van der Waals surface area contributed by atoms with Crippen LogP contribution in [0.1, 0.15) is 24.5 Å². The van der Waals surface area contributed by atoms with Crippen molar-refractivity contribution >= 4 is 0 Å². The molecule has 1 rings (SSSR count). The van der Waals surface area contributed by atoms with Gasteiger partial charge in [0.05, 0.1) is 7.11 Å². The number of nitrogens with one attached hydrogen (secondary N) is 1. The Bertz CT molecular complexity index is 413. The highest BCUT2D eigenvalue weighted by atomic mass is 19.3. The van der Waals surface area contributed by atoms with Crippen LogP contribution in [0.2, 0.25) is 0 Å². The van der Waals surface area contributed by atoms with Crippen LogP contribution in [0, 0.1) is 6.92 Å². The van der Waals surface area contributed by atoms with Crippen LogP contribution in [-0.2, 0) is 11.2 Å². The van der Waals surface area contributed by atoms with Crippen LogP contribution in [0.3, 0.4) is 0 Å². The van der Waals surface area contributed by atoms with E-state index < -0.39 is 13.0 Å². The molecule has 0 saturated heterocycles. The minimum Gasteiger partial charge on any atom is -0.496 e. The van der Waals surface area contributed by atoms with Crippen LogP contribution in [0.4, 0.5) is 8.78 Å². The molecule has 0 aromatic heterocycles. The summed E-state index contributed by atoms with van der Waals surface area (Å²) in [5.74, 6) is 0.858. The minimum absolute atomic E-state index is 0.184. The van der Waals surface area contributed by atoms with Gasteiger partial charge in [0.15, 0.2) is 0 Å². The fourth-order valence-electron chi connectivity index (χ4n) is 2.30. The van der Waals surface area contributed by atoms with Gasteiger partial charge in [-0.1, -0.05) is 24.6 Å². The lowest BCUT2D eigenvalue weighted by Crippen LogP contribution is -2.32. The summed E-state index contributed by atoms with van der Waals surface area (Å²) < 4.78 is 34.4. The van der Waals surface area contributed by atoms with E-state index in [1.807, 2.05) is 26.0 Å². The third kappa shape index (κ3) is 6.87. The lowest BCUT2D eigenvalue weighted by atomic mass is 10.0. The molecule has 1 atom stereocenters. The van der Waals surface area contributed by atoms with Gasteiger partial charge in [0.1, 0.15) is 12.4 Å². The summed E-state index contributed by atoms with van der Waals surface area (Å²) in [7, 11) is 1.65. The van der Waals surface area contributed by atoms with Crippen LogP contribution in [0.5, 0.6) is 5.75 Å². The molecule has 3 nitrogen and oxygen atoms in total. The van der Waals surface area contributed by atoms with Crippen molar-refractivity contribution in [3.05, 3.63) is 29.3 Å². The van der Waals surface area contributed by atoms with E-state index in [0.717, 1.165) is 24.3 Å². The number of likely N-dealkylation sites (N-methyl/N-ethyl adjacent to an activating group) is 1. The van der Waals surface area contributed by atoms with Gasteiger partial charge < -0.3 is 14.8 Å². The highest BCUT2D eigenvalue weighted by molar-refractivity contribution is 5.37. The molecule has 0 saturated carbocycles. The number of hydrogen-bond donors (Lipinski definition) is 1. The molecule has 1 aromatic carbocycles. The molecule has 21 heavy (non-hydrogen) atoms. The van der Waals surface area contributed by atoms with Gasteiger partial charge in [-0.25, -0.2) is 8.78 Å². The molecule has 0 aliphatic rings. The quantitative estimate of drug-likeness (QED) is 0.673. The van der Waals surface area contributed by atoms with E-state index in [0.29, 0.717) is 13.0 Å². The number of rotatable bonds is 10. The third-order valence-corrected chi connectivity index (χ3v) is 3.25. The van der Waals surface area contributed by atoms with Crippen LogP contribution in [-0.4, -0.2) is 39.3 Å². The summed E-state index contributed by atoms with van der Waals surface area (Å²) in [5, 5.41) is 3.37. The third-order valence-electron chi connectivity index (χ3n) is 3.25. The maximum atomic E-state index is 12.0. The second-order valence-corrected chi connectivity index (χ2v) is 5.03. The first-order chi connectivity index (χ1) is 10.1. The Hall–Kier alpha value is -1.20. The summed E-state index contributed by atoms with van der Waals surface area (Å²) in [6.45, 7) is 4.73. The number of alkyl halides is 2. The number of methoxy groups -OCH3 is 1. The smallest absolute Gasteiger partial charge is 0.261 e. The van der Waals surface area contributed by atoms with Crippen molar-refractivity contribution < 1.29 is 18.3 Å². The van der Waals surface area contributed by atoms with E-state index in [1.54, 1.807) is 7.11 Å². The van der Waals surface area contributed by atoms with Crippen molar-refractivity contribution in [2.24, 2.45) is 0 Å². The topological polar surface area (TPSA) is 30.5 Å². The molecule has 120 valence electrons. The summed E-state index contributed by atoms with van der Waals surface area (Å²) >= 11 is 0. The molecular weight excluding hydrogens is 276 g/mol. The van der Waals surface area contributed by atoms with E-state index in [2.05, 4.69) is 11.4 Å². The van der Waals surface area contributed by atoms with Crippen molar-refractivity contribution in [2.45, 2.75) is 39.2 Å². The van der Waals surface area contributed by atoms with Gasteiger partial charge in [0.2, 0.25) is 0 Å². The molecule has 1 unspecified atom stereocenters. The van der Waals surface area contributed by atoms with E-state index in [9.17, 15) is 8.78 Å². The zero-order valence-corrected chi connectivity index (χ0v) is 13.0. The zero-order chi connectivity index (χ0) is 15.7. The molecule has 1 N–H and O–H groups in total. The fraction of sp³-hybridized carbons (Fsp3) is 0.625. The lowest BCUT2D eigenvalue weighted by Gasteiger charge is -2.19. The predicted molar refractivity (Wildman–Crippen MR) is 80.3 cm³/mol. The average Bonchev–Trinajstić information content (AvgIpc) is 2.43. The monoisotopic (exact) mass is 301 g/mol. The molecule has 5 heteroatoms. The number of benzene rings is 1.